The molecule has 0 unspecified atom stereocenters. The van der Waals surface area contributed by atoms with E-state index in [4.69, 9.17) is 0 Å². The molecule has 1 saturated heterocycles. The number of hydrogen-bond acceptors (Lipinski definition) is 7. The van der Waals surface area contributed by atoms with Crippen LogP contribution >= 0.6 is 0 Å². The first-order valence-electron chi connectivity index (χ1n) is 8.64. The number of piperazine rings is 1. The summed E-state index contributed by atoms with van der Waals surface area (Å²) >= 11 is 0. The fraction of sp³-hybridized carbons (Fsp3) is 0.444. The van der Waals surface area contributed by atoms with Crippen molar-refractivity contribution in [2.45, 2.75) is 19.3 Å². The largest absolute Gasteiger partial charge is 0.506 e. The molecule has 2 aromatic heterocycles. The van der Waals surface area contributed by atoms with Gasteiger partial charge in [-0.2, -0.15) is 0 Å². The number of carbonyl (C=O) groups excluding carboxylic acids is 1. The van der Waals surface area contributed by atoms with Gasteiger partial charge >= 0.3 is 0 Å². The summed E-state index contributed by atoms with van der Waals surface area (Å²) in [6.45, 7) is 5.00. The average molecular weight is 341 g/mol. The molecule has 1 aliphatic rings. The Bertz CT molecular complexity index is 687. The number of aromatic hydroxyl groups is 1. The van der Waals surface area contributed by atoms with Crippen LogP contribution in [0.25, 0.3) is 0 Å². The summed E-state index contributed by atoms with van der Waals surface area (Å²) in [6, 6.07) is 5.15. The molecule has 1 N–H and O–H groups in total. The highest BCUT2D eigenvalue weighted by Crippen LogP contribution is 2.14. The second-order valence-electron chi connectivity index (χ2n) is 6.16. The van der Waals surface area contributed by atoms with Crippen LogP contribution < -0.4 is 4.90 Å². The minimum atomic E-state index is -0.0565. The molecule has 25 heavy (non-hydrogen) atoms. The van der Waals surface area contributed by atoms with Crippen molar-refractivity contribution in [3.8, 4) is 5.75 Å². The Labute approximate surface area is 147 Å². The van der Waals surface area contributed by atoms with Gasteiger partial charge in [-0.25, -0.2) is 15.0 Å². The molecule has 0 amide bonds. The van der Waals surface area contributed by atoms with Gasteiger partial charge in [0.25, 0.3) is 0 Å². The van der Waals surface area contributed by atoms with E-state index < -0.39 is 0 Å². The van der Waals surface area contributed by atoms with E-state index >= 15 is 0 Å². The Kier molecular flexibility index (Phi) is 5.90. The number of pyridine rings is 1. The monoisotopic (exact) mass is 341 g/mol. The summed E-state index contributed by atoms with van der Waals surface area (Å²) in [5.41, 5.74) is 0.975. The van der Waals surface area contributed by atoms with E-state index in [-0.39, 0.29) is 11.4 Å². The lowest BCUT2D eigenvalue weighted by atomic mass is 10.1. The number of aldehydes is 1. The predicted octanol–water partition coefficient (Wildman–Crippen LogP) is 1.53. The number of nitrogens with zero attached hydrogens (tertiary/aromatic N) is 5. The Morgan fingerprint density at radius 2 is 1.84 bits per heavy atom. The SMILES string of the molecule is O=Cc1nc(CCCCN2CCN(c3ncccn3)CC2)ccc1O. The van der Waals surface area contributed by atoms with Gasteiger partial charge in [-0.15, -0.1) is 0 Å². The predicted molar refractivity (Wildman–Crippen MR) is 94.9 cm³/mol. The molecule has 0 saturated carbocycles. The summed E-state index contributed by atoms with van der Waals surface area (Å²) in [5.74, 6) is 0.755. The Hall–Kier alpha value is -2.54. The molecule has 2 aromatic rings. The molecular formula is C18H23N5O2. The Morgan fingerprint density at radius 3 is 2.56 bits per heavy atom. The number of carbonyl (C=O) groups is 1. The third-order valence-corrected chi connectivity index (χ3v) is 4.44. The molecule has 0 aromatic carbocycles. The van der Waals surface area contributed by atoms with Crippen molar-refractivity contribution < 1.29 is 9.90 Å². The molecule has 0 bridgehead atoms. The Balaban J connectivity index is 1.37. The molecule has 0 atom stereocenters. The first kappa shape index (κ1) is 17.3. The van der Waals surface area contributed by atoms with Gasteiger partial charge in [0.2, 0.25) is 5.95 Å². The van der Waals surface area contributed by atoms with Crippen LogP contribution in [0.5, 0.6) is 5.75 Å². The minimum Gasteiger partial charge on any atom is -0.506 e. The number of anilines is 1. The maximum absolute atomic E-state index is 10.8. The highest BCUT2D eigenvalue weighted by atomic mass is 16.3. The average Bonchev–Trinajstić information content (AvgIpc) is 2.67. The normalized spacial score (nSPS) is 15.3. The first-order chi connectivity index (χ1) is 12.3. The van der Waals surface area contributed by atoms with Crippen LogP contribution in [0.2, 0.25) is 0 Å². The lowest BCUT2D eigenvalue weighted by Crippen LogP contribution is -2.47. The van der Waals surface area contributed by atoms with E-state index in [1.54, 1.807) is 18.5 Å². The van der Waals surface area contributed by atoms with E-state index in [0.29, 0.717) is 6.29 Å². The van der Waals surface area contributed by atoms with E-state index in [9.17, 15) is 9.90 Å². The van der Waals surface area contributed by atoms with Crippen molar-refractivity contribution >= 4 is 12.2 Å². The molecular weight excluding hydrogens is 318 g/mol. The van der Waals surface area contributed by atoms with Crippen molar-refractivity contribution in [3.63, 3.8) is 0 Å². The van der Waals surface area contributed by atoms with Crippen molar-refractivity contribution in [2.24, 2.45) is 0 Å². The van der Waals surface area contributed by atoms with Crippen LogP contribution in [-0.4, -0.2) is 64.0 Å². The third-order valence-electron chi connectivity index (χ3n) is 4.44. The Morgan fingerprint density at radius 1 is 1.08 bits per heavy atom. The smallest absolute Gasteiger partial charge is 0.225 e. The zero-order chi connectivity index (χ0) is 17.5. The number of hydrogen-bond donors (Lipinski definition) is 1. The summed E-state index contributed by atoms with van der Waals surface area (Å²) in [6.07, 6.45) is 7.07. The molecule has 0 radical (unpaired) electrons. The zero-order valence-electron chi connectivity index (χ0n) is 14.2. The fourth-order valence-electron chi connectivity index (χ4n) is 3.00. The van der Waals surface area contributed by atoms with E-state index in [1.165, 1.54) is 6.07 Å². The molecule has 0 aliphatic carbocycles. The summed E-state index contributed by atoms with van der Waals surface area (Å²) < 4.78 is 0. The van der Waals surface area contributed by atoms with E-state index in [2.05, 4.69) is 24.8 Å². The van der Waals surface area contributed by atoms with Gasteiger partial charge in [-0.3, -0.25) is 9.69 Å². The molecule has 0 spiro atoms. The number of aryl methyl sites for hydroxylation is 1. The molecule has 1 fully saturated rings. The van der Waals surface area contributed by atoms with Gasteiger partial charge in [-0.05, 0) is 44.0 Å². The maximum atomic E-state index is 10.8. The standard InChI is InChI=1S/C18H23N5O2/c24-14-16-17(25)6-5-15(21-16)4-1-2-9-22-10-12-23(13-11-22)18-19-7-3-8-20-18/h3,5-8,14,25H,1-2,4,9-13H2. The number of rotatable bonds is 7. The van der Waals surface area contributed by atoms with Crippen molar-refractivity contribution in [1.29, 1.82) is 0 Å². The van der Waals surface area contributed by atoms with Gasteiger partial charge < -0.3 is 10.0 Å². The highest BCUT2D eigenvalue weighted by Gasteiger charge is 2.18. The topological polar surface area (TPSA) is 82.5 Å². The van der Waals surface area contributed by atoms with Crippen LogP contribution in [-0.2, 0) is 6.42 Å². The van der Waals surface area contributed by atoms with Crippen LogP contribution in [0.15, 0.2) is 30.6 Å². The summed E-state index contributed by atoms with van der Waals surface area (Å²) in [5, 5.41) is 9.47. The van der Waals surface area contributed by atoms with Gasteiger partial charge in [0.1, 0.15) is 11.4 Å². The van der Waals surface area contributed by atoms with Gasteiger partial charge in [-0.1, -0.05) is 0 Å². The van der Waals surface area contributed by atoms with Crippen LogP contribution in [0, 0.1) is 0 Å². The lowest BCUT2D eigenvalue weighted by molar-refractivity contribution is 0.111. The molecule has 3 heterocycles. The van der Waals surface area contributed by atoms with Crippen LogP contribution in [0.1, 0.15) is 29.0 Å². The van der Waals surface area contributed by atoms with Crippen molar-refractivity contribution in [3.05, 3.63) is 42.0 Å². The molecule has 132 valence electrons. The first-order valence-corrected chi connectivity index (χ1v) is 8.64. The fourth-order valence-corrected chi connectivity index (χ4v) is 3.00. The minimum absolute atomic E-state index is 0.0565. The quantitative estimate of drug-likeness (QED) is 0.604. The van der Waals surface area contributed by atoms with Crippen LogP contribution in [0.3, 0.4) is 0 Å². The van der Waals surface area contributed by atoms with Crippen molar-refractivity contribution in [2.75, 3.05) is 37.6 Å². The van der Waals surface area contributed by atoms with E-state index in [0.717, 1.165) is 63.6 Å². The summed E-state index contributed by atoms with van der Waals surface area (Å²) in [7, 11) is 0. The lowest BCUT2D eigenvalue weighted by Gasteiger charge is -2.34. The molecule has 7 heteroatoms. The highest BCUT2D eigenvalue weighted by molar-refractivity contribution is 5.75. The third kappa shape index (κ3) is 4.73. The molecule has 3 rings (SSSR count). The van der Waals surface area contributed by atoms with Crippen LogP contribution in [0.4, 0.5) is 5.95 Å². The second-order valence-corrected chi connectivity index (χ2v) is 6.16. The molecule has 1 aliphatic heterocycles. The van der Waals surface area contributed by atoms with Crippen molar-refractivity contribution in [1.82, 2.24) is 19.9 Å². The molecule has 7 nitrogen and oxygen atoms in total. The zero-order valence-corrected chi connectivity index (χ0v) is 14.2. The maximum Gasteiger partial charge on any atom is 0.225 e. The second kappa shape index (κ2) is 8.53. The number of aromatic nitrogens is 3. The van der Waals surface area contributed by atoms with E-state index in [1.807, 2.05) is 6.07 Å². The van der Waals surface area contributed by atoms with Gasteiger partial charge in [0.15, 0.2) is 6.29 Å². The summed E-state index contributed by atoms with van der Waals surface area (Å²) in [4.78, 5) is 28.3. The van der Waals surface area contributed by atoms with Gasteiger partial charge in [0, 0.05) is 44.3 Å². The van der Waals surface area contributed by atoms with Gasteiger partial charge in [0.05, 0.1) is 0 Å². The number of unbranched alkanes of at least 4 members (excludes halogenated alkanes) is 1.